The highest BCUT2D eigenvalue weighted by atomic mass is 35.5. The predicted octanol–water partition coefficient (Wildman–Crippen LogP) is 2.76. The van der Waals surface area contributed by atoms with Crippen molar-refractivity contribution in [3.8, 4) is 5.69 Å². The molecule has 23 heavy (non-hydrogen) atoms. The maximum absolute atomic E-state index is 12.1. The van der Waals surface area contributed by atoms with Crippen LogP contribution >= 0.6 is 11.6 Å². The van der Waals surface area contributed by atoms with Gasteiger partial charge in [-0.2, -0.15) is 5.10 Å². The Morgan fingerprint density at radius 3 is 2.65 bits per heavy atom. The predicted molar refractivity (Wildman–Crippen MR) is 86.9 cm³/mol. The number of nitrogens with one attached hydrogen (secondary N) is 1. The molecule has 2 N–H and O–H groups in total. The Labute approximate surface area is 139 Å². The SMILES string of the molecule is CCCC(CNC(=O)c1cnn(-c2ccc(Cl)cc2)c1)C(=O)O. The van der Waals surface area contributed by atoms with E-state index in [4.69, 9.17) is 16.7 Å². The maximum atomic E-state index is 12.1. The van der Waals surface area contributed by atoms with Crippen LogP contribution in [0.3, 0.4) is 0 Å². The fraction of sp³-hybridized carbons (Fsp3) is 0.312. The number of carboxylic acids is 1. The van der Waals surface area contributed by atoms with Gasteiger partial charge in [0.25, 0.3) is 5.91 Å². The Morgan fingerprint density at radius 2 is 2.04 bits per heavy atom. The summed E-state index contributed by atoms with van der Waals surface area (Å²) in [6.45, 7) is 2.02. The first-order chi connectivity index (χ1) is 11.0. The fourth-order valence-electron chi connectivity index (χ4n) is 2.15. The molecule has 0 aliphatic heterocycles. The minimum atomic E-state index is -0.899. The van der Waals surface area contributed by atoms with E-state index in [0.717, 1.165) is 12.1 Å². The summed E-state index contributed by atoms with van der Waals surface area (Å²) >= 11 is 5.84. The van der Waals surface area contributed by atoms with Gasteiger partial charge in [0.1, 0.15) is 0 Å². The molecule has 1 heterocycles. The molecule has 0 bridgehead atoms. The summed E-state index contributed by atoms with van der Waals surface area (Å²) in [5.41, 5.74) is 1.16. The monoisotopic (exact) mass is 335 g/mol. The van der Waals surface area contributed by atoms with Gasteiger partial charge >= 0.3 is 5.97 Å². The molecule has 7 heteroatoms. The van der Waals surface area contributed by atoms with Crippen LogP contribution in [-0.4, -0.2) is 33.3 Å². The molecule has 0 aliphatic carbocycles. The zero-order valence-corrected chi connectivity index (χ0v) is 13.5. The molecule has 2 rings (SSSR count). The lowest BCUT2D eigenvalue weighted by atomic mass is 10.0. The summed E-state index contributed by atoms with van der Waals surface area (Å²) in [4.78, 5) is 23.2. The third kappa shape index (κ3) is 4.56. The summed E-state index contributed by atoms with van der Waals surface area (Å²) in [5.74, 6) is -1.81. The number of hydrogen-bond donors (Lipinski definition) is 2. The average Bonchev–Trinajstić information content (AvgIpc) is 3.01. The van der Waals surface area contributed by atoms with Crippen LogP contribution in [0.1, 0.15) is 30.1 Å². The van der Waals surface area contributed by atoms with Crippen molar-refractivity contribution in [1.82, 2.24) is 15.1 Å². The van der Waals surface area contributed by atoms with Gasteiger partial charge in [0.15, 0.2) is 0 Å². The molecule has 6 nitrogen and oxygen atoms in total. The largest absolute Gasteiger partial charge is 0.481 e. The number of carbonyl (C=O) groups is 2. The molecular formula is C16H18ClN3O3. The van der Waals surface area contributed by atoms with Gasteiger partial charge in [-0.15, -0.1) is 0 Å². The summed E-state index contributed by atoms with van der Waals surface area (Å²) < 4.78 is 1.56. The number of benzene rings is 1. The molecule has 122 valence electrons. The van der Waals surface area contributed by atoms with Gasteiger partial charge in [0, 0.05) is 17.8 Å². The van der Waals surface area contributed by atoms with Crippen LogP contribution in [0.15, 0.2) is 36.7 Å². The van der Waals surface area contributed by atoms with Gasteiger partial charge in [-0.05, 0) is 30.7 Å². The molecule has 0 aliphatic rings. The second-order valence-electron chi connectivity index (χ2n) is 5.18. The summed E-state index contributed by atoms with van der Waals surface area (Å²) in [7, 11) is 0. The van der Waals surface area contributed by atoms with E-state index in [1.807, 2.05) is 6.92 Å². The van der Waals surface area contributed by atoms with Crippen molar-refractivity contribution in [2.45, 2.75) is 19.8 Å². The Bertz CT molecular complexity index is 682. The van der Waals surface area contributed by atoms with Crippen LogP contribution in [-0.2, 0) is 4.79 Å². The smallest absolute Gasteiger partial charge is 0.308 e. The highest BCUT2D eigenvalue weighted by Gasteiger charge is 2.18. The normalized spacial score (nSPS) is 11.9. The number of carbonyl (C=O) groups excluding carboxylic acids is 1. The van der Waals surface area contributed by atoms with E-state index in [2.05, 4.69) is 10.4 Å². The van der Waals surface area contributed by atoms with Crippen LogP contribution in [0.25, 0.3) is 5.69 Å². The van der Waals surface area contributed by atoms with Gasteiger partial charge in [0.05, 0.1) is 23.4 Å². The van der Waals surface area contributed by atoms with Crippen molar-refractivity contribution < 1.29 is 14.7 Å². The molecule has 2 aromatic rings. The molecule has 1 amide bonds. The Morgan fingerprint density at radius 1 is 1.35 bits per heavy atom. The molecule has 1 atom stereocenters. The lowest BCUT2D eigenvalue weighted by Crippen LogP contribution is -2.32. The lowest BCUT2D eigenvalue weighted by Gasteiger charge is -2.11. The molecule has 1 aromatic heterocycles. The third-order valence-corrected chi connectivity index (χ3v) is 3.68. The summed E-state index contributed by atoms with van der Waals surface area (Å²) in [5, 5.41) is 16.5. The van der Waals surface area contributed by atoms with E-state index in [-0.39, 0.29) is 12.5 Å². The molecule has 0 fully saturated rings. The van der Waals surface area contributed by atoms with E-state index in [1.54, 1.807) is 35.1 Å². The van der Waals surface area contributed by atoms with Gasteiger partial charge in [-0.1, -0.05) is 24.9 Å². The summed E-state index contributed by atoms with van der Waals surface area (Å²) in [6, 6.07) is 7.05. The number of halogens is 1. The number of nitrogens with zero attached hydrogens (tertiary/aromatic N) is 2. The van der Waals surface area contributed by atoms with Crippen LogP contribution in [0.2, 0.25) is 5.02 Å². The minimum absolute atomic E-state index is 0.105. The Kier molecular flexibility index (Phi) is 5.76. The van der Waals surface area contributed by atoms with Crippen molar-refractivity contribution in [2.75, 3.05) is 6.54 Å². The van der Waals surface area contributed by atoms with Gasteiger partial charge in [-0.25, -0.2) is 4.68 Å². The molecule has 0 spiro atoms. The molecule has 0 radical (unpaired) electrons. The lowest BCUT2D eigenvalue weighted by molar-refractivity contribution is -0.141. The maximum Gasteiger partial charge on any atom is 0.308 e. The number of rotatable bonds is 7. The third-order valence-electron chi connectivity index (χ3n) is 3.43. The average molecular weight is 336 g/mol. The molecule has 0 saturated heterocycles. The Balaban J connectivity index is 2.01. The zero-order valence-electron chi connectivity index (χ0n) is 12.7. The van der Waals surface area contributed by atoms with Crippen LogP contribution < -0.4 is 5.32 Å². The second-order valence-corrected chi connectivity index (χ2v) is 5.62. The number of carboxylic acid groups (broad SMARTS) is 1. The number of hydrogen-bond acceptors (Lipinski definition) is 3. The molecule has 0 saturated carbocycles. The molecule has 1 unspecified atom stereocenters. The summed E-state index contributed by atoms with van der Waals surface area (Å²) in [6.07, 6.45) is 4.31. The molecular weight excluding hydrogens is 318 g/mol. The van der Waals surface area contributed by atoms with Crippen molar-refractivity contribution in [1.29, 1.82) is 0 Å². The topological polar surface area (TPSA) is 84.2 Å². The first kappa shape index (κ1) is 17.0. The first-order valence-electron chi connectivity index (χ1n) is 7.33. The number of aromatic nitrogens is 2. The van der Waals surface area contributed by atoms with Crippen LogP contribution in [0, 0.1) is 5.92 Å². The van der Waals surface area contributed by atoms with Crippen LogP contribution in [0.5, 0.6) is 0 Å². The number of amides is 1. The van der Waals surface area contributed by atoms with E-state index in [0.29, 0.717) is 17.0 Å². The van der Waals surface area contributed by atoms with Crippen molar-refractivity contribution in [3.05, 3.63) is 47.2 Å². The van der Waals surface area contributed by atoms with Crippen molar-refractivity contribution >= 4 is 23.5 Å². The van der Waals surface area contributed by atoms with Gasteiger partial charge in [-0.3, -0.25) is 9.59 Å². The number of aliphatic carboxylic acids is 1. The Hall–Kier alpha value is -2.34. The fourth-order valence-corrected chi connectivity index (χ4v) is 2.28. The van der Waals surface area contributed by atoms with Gasteiger partial charge < -0.3 is 10.4 Å². The van der Waals surface area contributed by atoms with E-state index in [9.17, 15) is 9.59 Å². The molecule has 1 aromatic carbocycles. The van der Waals surface area contributed by atoms with Crippen molar-refractivity contribution in [2.24, 2.45) is 5.92 Å². The van der Waals surface area contributed by atoms with E-state index < -0.39 is 11.9 Å². The van der Waals surface area contributed by atoms with Crippen molar-refractivity contribution in [3.63, 3.8) is 0 Å². The second kappa shape index (κ2) is 7.78. The highest BCUT2D eigenvalue weighted by Crippen LogP contribution is 2.13. The standard InChI is InChI=1S/C16H18ClN3O3/c1-2-3-11(16(22)23)8-18-15(21)12-9-19-20(10-12)14-6-4-13(17)5-7-14/h4-7,9-11H,2-3,8H2,1H3,(H,18,21)(H,22,23). The van der Waals surface area contributed by atoms with Gasteiger partial charge in [0.2, 0.25) is 0 Å². The van der Waals surface area contributed by atoms with E-state index >= 15 is 0 Å². The van der Waals surface area contributed by atoms with E-state index in [1.165, 1.54) is 6.20 Å². The van der Waals surface area contributed by atoms with Crippen LogP contribution in [0.4, 0.5) is 0 Å². The minimum Gasteiger partial charge on any atom is -0.481 e. The highest BCUT2D eigenvalue weighted by molar-refractivity contribution is 6.30. The quantitative estimate of drug-likeness (QED) is 0.814. The zero-order chi connectivity index (χ0) is 16.8. The first-order valence-corrected chi connectivity index (χ1v) is 7.70.